The van der Waals surface area contributed by atoms with E-state index in [0.717, 1.165) is 32.0 Å². The Hall–Kier alpha value is -1.00. The molecule has 0 saturated carbocycles. The second-order valence-corrected chi connectivity index (χ2v) is 4.95. The monoisotopic (exact) mass is 254 g/mol. The van der Waals surface area contributed by atoms with E-state index >= 15 is 0 Å². The Morgan fingerprint density at radius 2 is 2.22 bits per heavy atom. The molecule has 1 aliphatic heterocycles. The molecule has 2 atom stereocenters. The zero-order chi connectivity index (χ0) is 13.1. The van der Waals surface area contributed by atoms with Gasteiger partial charge in [0, 0.05) is 18.7 Å². The van der Waals surface area contributed by atoms with Crippen molar-refractivity contribution in [2.24, 2.45) is 11.7 Å². The van der Waals surface area contributed by atoms with Crippen molar-refractivity contribution in [1.82, 2.24) is 4.90 Å². The van der Waals surface area contributed by atoms with Crippen molar-refractivity contribution >= 4 is 0 Å². The smallest absolute Gasteiger partial charge is 0.163 e. The Kier molecular flexibility index (Phi) is 4.30. The third kappa shape index (κ3) is 2.54. The summed E-state index contributed by atoms with van der Waals surface area (Å²) in [7, 11) is 0. The van der Waals surface area contributed by atoms with Gasteiger partial charge in [-0.2, -0.15) is 0 Å². The summed E-state index contributed by atoms with van der Waals surface area (Å²) >= 11 is 0. The molecule has 1 aliphatic rings. The summed E-state index contributed by atoms with van der Waals surface area (Å²) in [5.41, 5.74) is 6.14. The Morgan fingerprint density at radius 1 is 1.44 bits per heavy atom. The summed E-state index contributed by atoms with van der Waals surface area (Å²) in [4.78, 5) is 2.17. The van der Waals surface area contributed by atoms with Gasteiger partial charge in [-0.25, -0.2) is 8.78 Å². The van der Waals surface area contributed by atoms with Crippen LogP contribution in [0.5, 0.6) is 0 Å². The lowest BCUT2D eigenvalue weighted by molar-refractivity contribution is 0.234. The van der Waals surface area contributed by atoms with E-state index in [0.29, 0.717) is 18.0 Å². The number of hydrogen-bond acceptors (Lipinski definition) is 2. The van der Waals surface area contributed by atoms with E-state index < -0.39 is 11.6 Å². The third-order valence-corrected chi connectivity index (χ3v) is 3.90. The Balaban J connectivity index is 2.21. The van der Waals surface area contributed by atoms with Crippen LogP contribution in [0.15, 0.2) is 18.2 Å². The molecule has 2 nitrogen and oxygen atoms in total. The van der Waals surface area contributed by atoms with Gasteiger partial charge in [-0.1, -0.05) is 25.5 Å². The molecule has 0 bridgehead atoms. The summed E-state index contributed by atoms with van der Waals surface area (Å²) < 4.78 is 27.1. The second kappa shape index (κ2) is 5.76. The predicted octanol–water partition coefficient (Wildman–Crippen LogP) is 2.70. The van der Waals surface area contributed by atoms with Crippen LogP contribution >= 0.6 is 0 Å². The highest BCUT2D eigenvalue weighted by Crippen LogP contribution is 2.30. The van der Waals surface area contributed by atoms with E-state index in [1.54, 1.807) is 12.1 Å². The molecule has 0 aromatic heterocycles. The minimum Gasteiger partial charge on any atom is -0.329 e. The molecular weight excluding hydrogens is 234 g/mol. The number of nitrogens with two attached hydrogens (primary N) is 1. The Morgan fingerprint density at radius 3 is 2.83 bits per heavy atom. The van der Waals surface area contributed by atoms with Crippen molar-refractivity contribution in [2.75, 3.05) is 19.6 Å². The highest BCUT2D eigenvalue weighted by molar-refractivity contribution is 5.23. The number of rotatable bonds is 4. The largest absolute Gasteiger partial charge is 0.329 e. The fraction of sp³-hybridized carbons (Fsp3) is 0.571. The van der Waals surface area contributed by atoms with Crippen LogP contribution < -0.4 is 5.73 Å². The van der Waals surface area contributed by atoms with Gasteiger partial charge in [0.15, 0.2) is 11.6 Å². The average Bonchev–Trinajstić information content (AvgIpc) is 2.84. The average molecular weight is 254 g/mol. The molecule has 2 unspecified atom stereocenters. The summed E-state index contributed by atoms with van der Waals surface area (Å²) in [6.07, 6.45) is 2.24. The molecule has 1 fully saturated rings. The van der Waals surface area contributed by atoms with Crippen LogP contribution in [0, 0.1) is 17.6 Å². The van der Waals surface area contributed by atoms with E-state index in [9.17, 15) is 8.78 Å². The maximum Gasteiger partial charge on any atom is 0.163 e. The zero-order valence-electron chi connectivity index (χ0n) is 10.7. The van der Waals surface area contributed by atoms with Crippen LogP contribution in [-0.4, -0.2) is 24.5 Å². The first-order chi connectivity index (χ1) is 8.67. The molecule has 4 heteroatoms. The lowest BCUT2D eigenvalue weighted by atomic mass is 10.0. The normalized spacial score (nSPS) is 22.3. The molecule has 0 aliphatic carbocycles. The first-order valence-corrected chi connectivity index (χ1v) is 6.55. The van der Waals surface area contributed by atoms with Crippen LogP contribution in [-0.2, 0) is 0 Å². The highest BCUT2D eigenvalue weighted by Gasteiger charge is 2.29. The van der Waals surface area contributed by atoms with E-state index in [1.807, 2.05) is 0 Å². The molecule has 100 valence electrons. The molecule has 1 aromatic carbocycles. The molecule has 0 amide bonds. The number of nitrogens with zero attached hydrogens (tertiary/aromatic N) is 1. The number of hydrogen-bond donors (Lipinski definition) is 1. The topological polar surface area (TPSA) is 29.3 Å². The Bertz CT molecular complexity index is 409. The van der Waals surface area contributed by atoms with Crippen LogP contribution in [0.25, 0.3) is 0 Å². The standard InChI is InChI=1S/C14H20F2N2/c1-2-10-6-7-18(9-10)13(8-17)11-4-3-5-12(15)14(11)16/h3-5,10,13H,2,6-9,17H2,1H3. The number of halogens is 2. The van der Waals surface area contributed by atoms with Gasteiger partial charge >= 0.3 is 0 Å². The van der Waals surface area contributed by atoms with Crippen molar-refractivity contribution in [2.45, 2.75) is 25.8 Å². The van der Waals surface area contributed by atoms with E-state index in [2.05, 4.69) is 11.8 Å². The fourth-order valence-electron chi connectivity index (χ4n) is 2.73. The van der Waals surface area contributed by atoms with E-state index in [4.69, 9.17) is 5.73 Å². The summed E-state index contributed by atoms with van der Waals surface area (Å²) in [6.45, 7) is 4.32. The minimum absolute atomic E-state index is 0.211. The third-order valence-electron chi connectivity index (χ3n) is 3.90. The van der Waals surface area contributed by atoms with E-state index in [1.165, 1.54) is 0 Å². The van der Waals surface area contributed by atoms with Crippen LogP contribution in [0.3, 0.4) is 0 Å². The van der Waals surface area contributed by atoms with Gasteiger partial charge in [0.2, 0.25) is 0 Å². The van der Waals surface area contributed by atoms with Gasteiger partial charge in [-0.15, -0.1) is 0 Å². The second-order valence-electron chi connectivity index (χ2n) is 4.95. The van der Waals surface area contributed by atoms with Gasteiger partial charge < -0.3 is 5.73 Å². The van der Waals surface area contributed by atoms with Gasteiger partial charge in [-0.3, -0.25) is 4.90 Å². The maximum absolute atomic E-state index is 13.8. The highest BCUT2D eigenvalue weighted by atomic mass is 19.2. The molecule has 2 N–H and O–H groups in total. The van der Waals surface area contributed by atoms with Crippen LogP contribution in [0.1, 0.15) is 31.4 Å². The maximum atomic E-state index is 13.8. The molecule has 0 spiro atoms. The van der Waals surface area contributed by atoms with Crippen LogP contribution in [0.4, 0.5) is 8.78 Å². The molecule has 18 heavy (non-hydrogen) atoms. The van der Waals surface area contributed by atoms with Gasteiger partial charge in [-0.05, 0) is 24.9 Å². The van der Waals surface area contributed by atoms with Crippen LogP contribution in [0.2, 0.25) is 0 Å². The summed E-state index contributed by atoms with van der Waals surface area (Å²) in [5.74, 6) is -0.902. The lowest BCUT2D eigenvalue weighted by Gasteiger charge is -2.27. The zero-order valence-corrected chi connectivity index (χ0v) is 10.7. The first-order valence-electron chi connectivity index (χ1n) is 6.55. The molecule has 2 rings (SSSR count). The van der Waals surface area contributed by atoms with Crippen molar-refractivity contribution in [3.8, 4) is 0 Å². The van der Waals surface area contributed by atoms with Crippen molar-refractivity contribution in [3.05, 3.63) is 35.4 Å². The SMILES string of the molecule is CCC1CCN(C(CN)c2cccc(F)c2F)C1. The minimum atomic E-state index is -0.794. The van der Waals surface area contributed by atoms with E-state index in [-0.39, 0.29) is 6.04 Å². The predicted molar refractivity (Wildman–Crippen MR) is 68.1 cm³/mol. The molecule has 1 saturated heterocycles. The number of benzene rings is 1. The van der Waals surface area contributed by atoms with Crippen molar-refractivity contribution in [1.29, 1.82) is 0 Å². The molecular formula is C14H20F2N2. The summed E-state index contributed by atoms with van der Waals surface area (Å²) in [5, 5.41) is 0. The first kappa shape index (κ1) is 13.4. The van der Waals surface area contributed by atoms with Crippen molar-refractivity contribution in [3.63, 3.8) is 0 Å². The van der Waals surface area contributed by atoms with Crippen molar-refractivity contribution < 1.29 is 8.78 Å². The summed E-state index contributed by atoms with van der Waals surface area (Å²) in [6, 6.07) is 4.11. The molecule has 0 radical (unpaired) electrons. The fourth-order valence-corrected chi connectivity index (χ4v) is 2.73. The van der Waals surface area contributed by atoms with Gasteiger partial charge in [0.25, 0.3) is 0 Å². The lowest BCUT2D eigenvalue weighted by Crippen LogP contribution is -2.32. The van der Waals surface area contributed by atoms with Gasteiger partial charge in [0.1, 0.15) is 0 Å². The molecule has 1 heterocycles. The van der Waals surface area contributed by atoms with Gasteiger partial charge in [0.05, 0.1) is 6.04 Å². The Labute approximate surface area is 107 Å². The quantitative estimate of drug-likeness (QED) is 0.895. The number of likely N-dealkylation sites (tertiary alicyclic amines) is 1. The molecule has 1 aromatic rings.